The Hall–Kier alpha value is -1.45. The van der Waals surface area contributed by atoms with Gasteiger partial charge < -0.3 is 15.8 Å². The highest BCUT2D eigenvalue weighted by Gasteiger charge is 2.26. The zero-order chi connectivity index (χ0) is 14.0. The van der Waals surface area contributed by atoms with E-state index in [2.05, 4.69) is 19.2 Å². The Morgan fingerprint density at radius 1 is 1.32 bits per heavy atom. The fraction of sp³-hybridized carbons (Fsp3) is 0.600. The quantitative estimate of drug-likeness (QED) is 0.821. The Balaban J connectivity index is 2.14. The standard InChI is InChI=1S/C15H23FN2O/c1-9-4-5-13(10(2)6-9)18-14-8-15(19-3)12(17)7-11(14)16/h7-10,13,18H,4-6,17H2,1-3H3. The first kappa shape index (κ1) is 14.0. The molecule has 1 saturated carbocycles. The molecule has 0 heterocycles. The molecule has 1 fully saturated rings. The van der Waals surface area contributed by atoms with Gasteiger partial charge in [-0.3, -0.25) is 0 Å². The summed E-state index contributed by atoms with van der Waals surface area (Å²) in [6.07, 6.45) is 3.45. The number of hydrogen-bond donors (Lipinski definition) is 2. The van der Waals surface area contributed by atoms with Crippen molar-refractivity contribution in [1.29, 1.82) is 0 Å². The molecule has 106 valence electrons. The lowest BCUT2D eigenvalue weighted by molar-refractivity contribution is 0.276. The van der Waals surface area contributed by atoms with Crippen molar-refractivity contribution in [1.82, 2.24) is 0 Å². The van der Waals surface area contributed by atoms with Gasteiger partial charge in [-0.25, -0.2) is 4.39 Å². The van der Waals surface area contributed by atoms with Crippen LogP contribution in [0.4, 0.5) is 15.8 Å². The summed E-state index contributed by atoms with van der Waals surface area (Å²) in [4.78, 5) is 0. The van der Waals surface area contributed by atoms with Gasteiger partial charge in [-0.15, -0.1) is 0 Å². The zero-order valence-electron chi connectivity index (χ0n) is 11.9. The van der Waals surface area contributed by atoms with E-state index in [9.17, 15) is 4.39 Å². The van der Waals surface area contributed by atoms with Crippen LogP contribution >= 0.6 is 0 Å². The Morgan fingerprint density at radius 2 is 2.05 bits per heavy atom. The first-order valence-electron chi connectivity index (χ1n) is 6.90. The lowest BCUT2D eigenvalue weighted by Gasteiger charge is -2.34. The van der Waals surface area contributed by atoms with Crippen molar-refractivity contribution in [2.24, 2.45) is 11.8 Å². The molecule has 3 unspecified atom stereocenters. The average Bonchev–Trinajstić information content (AvgIpc) is 2.35. The minimum atomic E-state index is -0.316. The molecule has 0 saturated heterocycles. The zero-order valence-corrected chi connectivity index (χ0v) is 11.9. The van der Waals surface area contributed by atoms with E-state index in [-0.39, 0.29) is 5.82 Å². The van der Waals surface area contributed by atoms with Crippen LogP contribution in [0.15, 0.2) is 12.1 Å². The first-order chi connectivity index (χ1) is 9.01. The van der Waals surface area contributed by atoms with Crippen molar-refractivity contribution in [3.8, 4) is 5.75 Å². The molecule has 0 aromatic heterocycles. The summed E-state index contributed by atoms with van der Waals surface area (Å²) < 4.78 is 19.1. The first-order valence-corrected chi connectivity index (χ1v) is 6.90. The Morgan fingerprint density at radius 3 is 2.68 bits per heavy atom. The van der Waals surface area contributed by atoms with Crippen LogP contribution in [0.2, 0.25) is 0 Å². The number of anilines is 2. The maximum atomic E-state index is 13.9. The number of benzene rings is 1. The van der Waals surface area contributed by atoms with Crippen LogP contribution in [0.3, 0.4) is 0 Å². The number of ether oxygens (including phenoxy) is 1. The molecular weight excluding hydrogens is 243 g/mol. The lowest BCUT2D eigenvalue weighted by atomic mass is 9.80. The van der Waals surface area contributed by atoms with E-state index in [0.717, 1.165) is 12.3 Å². The maximum absolute atomic E-state index is 13.9. The largest absolute Gasteiger partial charge is 0.495 e. The number of nitrogens with one attached hydrogen (secondary N) is 1. The van der Waals surface area contributed by atoms with E-state index in [4.69, 9.17) is 10.5 Å². The molecule has 1 aliphatic rings. The SMILES string of the molecule is COc1cc(NC2CCC(C)CC2C)c(F)cc1N. The van der Waals surface area contributed by atoms with Crippen LogP contribution < -0.4 is 15.8 Å². The van der Waals surface area contributed by atoms with E-state index >= 15 is 0 Å². The van der Waals surface area contributed by atoms with E-state index in [1.807, 2.05) is 0 Å². The van der Waals surface area contributed by atoms with Gasteiger partial charge in [0.15, 0.2) is 0 Å². The van der Waals surface area contributed by atoms with E-state index in [1.54, 1.807) is 6.07 Å². The number of hydrogen-bond acceptors (Lipinski definition) is 3. The van der Waals surface area contributed by atoms with Crippen molar-refractivity contribution < 1.29 is 9.13 Å². The average molecular weight is 266 g/mol. The molecular formula is C15H23FN2O. The van der Waals surface area contributed by atoms with Gasteiger partial charge in [0, 0.05) is 18.2 Å². The highest BCUT2D eigenvalue weighted by Crippen LogP contribution is 2.33. The summed E-state index contributed by atoms with van der Waals surface area (Å²) in [5, 5.41) is 3.31. The minimum absolute atomic E-state index is 0.316. The summed E-state index contributed by atoms with van der Waals surface area (Å²) in [5.41, 5.74) is 6.50. The Kier molecular flexibility index (Phi) is 4.17. The lowest BCUT2D eigenvalue weighted by Crippen LogP contribution is -2.33. The minimum Gasteiger partial charge on any atom is -0.495 e. The molecule has 0 aliphatic heterocycles. The third kappa shape index (κ3) is 3.11. The predicted octanol–water partition coefficient (Wildman–Crippen LogP) is 3.65. The van der Waals surface area contributed by atoms with Gasteiger partial charge in [-0.05, 0) is 31.1 Å². The highest BCUT2D eigenvalue weighted by atomic mass is 19.1. The third-order valence-corrected chi connectivity index (χ3v) is 4.09. The van der Waals surface area contributed by atoms with Crippen LogP contribution in [-0.2, 0) is 0 Å². The molecule has 3 N–H and O–H groups in total. The predicted molar refractivity (Wildman–Crippen MR) is 77.0 cm³/mol. The molecule has 19 heavy (non-hydrogen) atoms. The molecule has 0 amide bonds. The van der Waals surface area contributed by atoms with E-state index in [0.29, 0.717) is 29.1 Å². The maximum Gasteiger partial charge on any atom is 0.148 e. The fourth-order valence-electron chi connectivity index (χ4n) is 2.94. The summed E-state index contributed by atoms with van der Waals surface area (Å²) in [7, 11) is 1.54. The molecule has 3 nitrogen and oxygen atoms in total. The van der Waals surface area contributed by atoms with Gasteiger partial charge in [0.2, 0.25) is 0 Å². The van der Waals surface area contributed by atoms with Crippen molar-refractivity contribution in [3.63, 3.8) is 0 Å². The summed E-state index contributed by atoms with van der Waals surface area (Å²) in [5.74, 6) is 1.51. The number of halogens is 1. The van der Waals surface area contributed by atoms with Crippen LogP contribution in [0, 0.1) is 17.7 Å². The fourth-order valence-corrected chi connectivity index (χ4v) is 2.94. The Labute approximate surface area is 114 Å². The highest BCUT2D eigenvalue weighted by molar-refractivity contribution is 5.62. The molecule has 0 bridgehead atoms. The van der Waals surface area contributed by atoms with Gasteiger partial charge in [0.05, 0.1) is 18.5 Å². The second-order valence-corrected chi connectivity index (χ2v) is 5.72. The van der Waals surface area contributed by atoms with E-state index in [1.165, 1.54) is 26.0 Å². The number of rotatable bonds is 3. The smallest absolute Gasteiger partial charge is 0.148 e. The van der Waals surface area contributed by atoms with Crippen molar-refractivity contribution in [3.05, 3.63) is 17.9 Å². The topological polar surface area (TPSA) is 47.3 Å². The van der Waals surface area contributed by atoms with Crippen LogP contribution in [0.1, 0.15) is 33.1 Å². The molecule has 3 atom stereocenters. The number of nitrogens with two attached hydrogens (primary N) is 1. The second-order valence-electron chi connectivity index (χ2n) is 5.72. The normalized spacial score (nSPS) is 27.1. The van der Waals surface area contributed by atoms with Gasteiger partial charge in [0.25, 0.3) is 0 Å². The van der Waals surface area contributed by atoms with Crippen LogP contribution in [-0.4, -0.2) is 13.2 Å². The van der Waals surface area contributed by atoms with Gasteiger partial charge in [-0.1, -0.05) is 13.8 Å². The molecule has 2 rings (SSSR count). The van der Waals surface area contributed by atoms with Crippen LogP contribution in [0.25, 0.3) is 0 Å². The van der Waals surface area contributed by atoms with Crippen molar-refractivity contribution in [2.45, 2.75) is 39.2 Å². The molecule has 1 aromatic carbocycles. The van der Waals surface area contributed by atoms with Gasteiger partial charge >= 0.3 is 0 Å². The molecule has 1 aromatic rings. The summed E-state index contributed by atoms with van der Waals surface area (Å²) in [6, 6.07) is 3.28. The monoisotopic (exact) mass is 266 g/mol. The number of methoxy groups -OCH3 is 1. The molecule has 0 radical (unpaired) electrons. The third-order valence-electron chi connectivity index (χ3n) is 4.09. The van der Waals surface area contributed by atoms with Crippen molar-refractivity contribution in [2.75, 3.05) is 18.2 Å². The Bertz CT molecular complexity index is 450. The molecule has 4 heteroatoms. The van der Waals surface area contributed by atoms with Crippen molar-refractivity contribution >= 4 is 11.4 Å². The summed E-state index contributed by atoms with van der Waals surface area (Å²) >= 11 is 0. The van der Waals surface area contributed by atoms with Gasteiger partial charge in [-0.2, -0.15) is 0 Å². The summed E-state index contributed by atoms with van der Waals surface area (Å²) in [6.45, 7) is 4.50. The molecule has 1 aliphatic carbocycles. The van der Waals surface area contributed by atoms with Gasteiger partial charge in [0.1, 0.15) is 11.6 Å². The number of nitrogen functional groups attached to an aromatic ring is 1. The second kappa shape index (κ2) is 5.68. The molecule has 0 spiro atoms. The van der Waals surface area contributed by atoms with E-state index < -0.39 is 0 Å². The van der Waals surface area contributed by atoms with Crippen LogP contribution in [0.5, 0.6) is 5.75 Å².